The smallest absolute Gasteiger partial charge is 0.179 e. The van der Waals surface area contributed by atoms with Gasteiger partial charge in [-0.1, -0.05) is 30.4 Å². The first kappa shape index (κ1) is 14.4. The molecule has 112 valence electrons. The first-order chi connectivity index (χ1) is 10.0. The lowest BCUT2D eigenvalue weighted by molar-refractivity contribution is -0.0585. The minimum Gasteiger partial charge on any atom is -0.394 e. The number of rotatable bonds is 3. The van der Waals surface area contributed by atoms with E-state index < -0.39 is 31.1 Å². The molecule has 1 fully saturated rings. The average Bonchev–Trinajstić information content (AvgIpc) is 2.98. The Bertz CT molecular complexity index is 689. The molecule has 1 aromatic heterocycles. The molecule has 0 spiro atoms. The van der Waals surface area contributed by atoms with Crippen molar-refractivity contribution >= 4 is 28.1 Å². The molecule has 2 heterocycles. The van der Waals surface area contributed by atoms with E-state index in [2.05, 4.69) is 5.10 Å². The van der Waals surface area contributed by atoms with Crippen molar-refractivity contribution in [2.24, 2.45) is 5.73 Å². The number of nitrogens with zero attached hydrogens (tertiary/aromatic N) is 2. The summed E-state index contributed by atoms with van der Waals surface area (Å²) >= 11 is 5.06. The van der Waals surface area contributed by atoms with Gasteiger partial charge >= 0.3 is 0 Å². The molecule has 2 aromatic rings. The molecule has 0 amide bonds. The van der Waals surface area contributed by atoms with Gasteiger partial charge in [-0.15, -0.1) is 0 Å². The van der Waals surface area contributed by atoms with E-state index in [1.165, 1.54) is 4.68 Å². The summed E-state index contributed by atoms with van der Waals surface area (Å²) in [5, 5.41) is 34.2. The Morgan fingerprint density at radius 3 is 2.67 bits per heavy atom. The minimum atomic E-state index is -1.23. The van der Waals surface area contributed by atoms with Gasteiger partial charge in [-0.2, -0.15) is 5.10 Å². The topological polar surface area (TPSA) is 114 Å². The van der Waals surface area contributed by atoms with Gasteiger partial charge in [-0.25, -0.2) is 4.68 Å². The number of hydrogen-bond acceptors (Lipinski definition) is 6. The number of aliphatic hydroxyl groups is 3. The zero-order chi connectivity index (χ0) is 15.1. The van der Waals surface area contributed by atoms with E-state index in [4.69, 9.17) is 27.8 Å². The van der Waals surface area contributed by atoms with Crippen molar-refractivity contribution in [3.8, 4) is 0 Å². The van der Waals surface area contributed by atoms with E-state index in [1.54, 1.807) is 6.07 Å². The molecule has 21 heavy (non-hydrogen) atoms. The number of hydrogen-bond donors (Lipinski definition) is 4. The zero-order valence-corrected chi connectivity index (χ0v) is 11.8. The number of thiocarbonyl (C=S) groups is 1. The van der Waals surface area contributed by atoms with E-state index in [-0.39, 0.29) is 4.99 Å². The number of aliphatic hydroxyl groups excluding tert-OH is 3. The maximum Gasteiger partial charge on any atom is 0.179 e. The number of nitrogens with two attached hydrogens (primary N) is 1. The molecule has 4 atom stereocenters. The van der Waals surface area contributed by atoms with Crippen LogP contribution in [0.4, 0.5) is 0 Å². The van der Waals surface area contributed by atoms with Crippen LogP contribution in [0.25, 0.3) is 10.9 Å². The molecule has 0 bridgehead atoms. The third kappa shape index (κ3) is 2.21. The number of fused-ring (bicyclic) bond motifs is 1. The van der Waals surface area contributed by atoms with Crippen molar-refractivity contribution in [3.05, 3.63) is 30.0 Å². The van der Waals surface area contributed by atoms with E-state index in [0.717, 1.165) is 5.39 Å². The quantitative estimate of drug-likeness (QED) is 0.553. The highest BCUT2D eigenvalue weighted by molar-refractivity contribution is 7.80. The fourth-order valence-corrected chi connectivity index (χ4v) is 2.77. The molecule has 1 aliphatic rings. The van der Waals surface area contributed by atoms with Gasteiger partial charge in [0.1, 0.15) is 29.0 Å². The van der Waals surface area contributed by atoms with Crippen LogP contribution in [0.15, 0.2) is 24.3 Å². The Morgan fingerprint density at radius 1 is 1.33 bits per heavy atom. The molecule has 1 aromatic carbocycles. The first-order valence-electron chi connectivity index (χ1n) is 6.44. The summed E-state index contributed by atoms with van der Waals surface area (Å²) in [6, 6.07) is 7.25. The molecule has 0 aliphatic carbocycles. The maximum atomic E-state index is 10.1. The van der Waals surface area contributed by atoms with Crippen LogP contribution in [0.2, 0.25) is 0 Å². The lowest BCUT2D eigenvalue weighted by Gasteiger charge is -2.17. The molecular weight excluding hydrogens is 294 g/mol. The molecule has 7 nitrogen and oxygen atoms in total. The minimum absolute atomic E-state index is 0.112. The molecule has 0 radical (unpaired) electrons. The maximum absolute atomic E-state index is 10.1. The van der Waals surface area contributed by atoms with Crippen molar-refractivity contribution in [2.45, 2.75) is 24.5 Å². The highest BCUT2D eigenvalue weighted by Gasteiger charge is 2.44. The van der Waals surface area contributed by atoms with Crippen molar-refractivity contribution in [1.29, 1.82) is 0 Å². The van der Waals surface area contributed by atoms with Crippen LogP contribution in [-0.2, 0) is 4.74 Å². The highest BCUT2D eigenvalue weighted by atomic mass is 32.1. The Hall–Kier alpha value is -1.58. The lowest BCUT2D eigenvalue weighted by Crippen LogP contribution is -2.34. The lowest BCUT2D eigenvalue weighted by atomic mass is 10.1. The van der Waals surface area contributed by atoms with Gasteiger partial charge in [0.05, 0.1) is 12.1 Å². The van der Waals surface area contributed by atoms with Crippen LogP contribution in [-0.4, -0.2) is 55.0 Å². The molecule has 1 saturated heterocycles. The second-order valence-corrected chi connectivity index (χ2v) is 5.34. The first-order valence-corrected chi connectivity index (χ1v) is 6.85. The Kier molecular flexibility index (Phi) is 3.64. The third-order valence-electron chi connectivity index (χ3n) is 3.60. The highest BCUT2D eigenvalue weighted by Crippen LogP contribution is 2.32. The largest absolute Gasteiger partial charge is 0.394 e. The second-order valence-electron chi connectivity index (χ2n) is 4.90. The molecule has 5 N–H and O–H groups in total. The summed E-state index contributed by atoms with van der Waals surface area (Å²) in [6.07, 6.45) is -4.27. The summed E-state index contributed by atoms with van der Waals surface area (Å²) in [4.78, 5) is 0.112. The van der Waals surface area contributed by atoms with Crippen LogP contribution in [0.1, 0.15) is 11.9 Å². The Morgan fingerprint density at radius 2 is 2.05 bits per heavy atom. The molecule has 8 heteroatoms. The van der Waals surface area contributed by atoms with Gasteiger partial charge in [0.25, 0.3) is 0 Å². The number of benzene rings is 1. The number of aromatic nitrogens is 2. The predicted octanol–water partition coefficient (Wildman–Crippen LogP) is -0.718. The van der Waals surface area contributed by atoms with Gasteiger partial charge in [-0.05, 0) is 6.07 Å². The van der Waals surface area contributed by atoms with E-state index in [0.29, 0.717) is 11.2 Å². The van der Waals surface area contributed by atoms with Crippen molar-refractivity contribution in [2.75, 3.05) is 6.61 Å². The van der Waals surface area contributed by atoms with Crippen LogP contribution in [0, 0.1) is 0 Å². The van der Waals surface area contributed by atoms with Gasteiger partial charge in [-0.3, -0.25) is 0 Å². The van der Waals surface area contributed by atoms with Gasteiger partial charge in [0.15, 0.2) is 6.23 Å². The standard InChI is InChI=1S/C13H15N3O4S/c14-12(21)9-6-3-1-2-4-7(6)15-16(9)13-11(19)10(18)8(5-17)20-13/h1-4,8,10-11,13,17-19H,5H2,(H2,14,21). The SMILES string of the molecule is NC(=S)c1c2ccccc2nn1C1OC(CO)C(O)C1O. The Labute approximate surface area is 125 Å². The van der Waals surface area contributed by atoms with Crippen LogP contribution >= 0.6 is 12.2 Å². The summed E-state index contributed by atoms with van der Waals surface area (Å²) in [5.74, 6) is 0. The fourth-order valence-electron chi connectivity index (χ4n) is 2.56. The molecule has 1 aliphatic heterocycles. The normalized spacial score (nSPS) is 29.1. The zero-order valence-electron chi connectivity index (χ0n) is 11.0. The molecule has 3 rings (SSSR count). The predicted molar refractivity (Wildman–Crippen MR) is 78.6 cm³/mol. The Balaban J connectivity index is 2.12. The second kappa shape index (κ2) is 5.32. The van der Waals surface area contributed by atoms with Crippen LogP contribution < -0.4 is 5.73 Å². The average molecular weight is 309 g/mol. The van der Waals surface area contributed by atoms with Crippen molar-refractivity contribution < 1.29 is 20.1 Å². The van der Waals surface area contributed by atoms with E-state index >= 15 is 0 Å². The van der Waals surface area contributed by atoms with Crippen LogP contribution in [0.3, 0.4) is 0 Å². The fraction of sp³-hybridized carbons (Fsp3) is 0.385. The number of ether oxygens (including phenoxy) is 1. The summed E-state index contributed by atoms with van der Waals surface area (Å²) in [7, 11) is 0. The molecule has 0 saturated carbocycles. The monoisotopic (exact) mass is 309 g/mol. The summed E-state index contributed by atoms with van der Waals surface area (Å²) < 4.78 is 6.85. The summed E-state index contributed by atoms with van der Waals surface area (Å²) in [5.41, 5.74) is 6.87. The van der Waals surface area contributed by atoms with Gasteiger partial charge in [0.2, 0.25) is 0 Å². The van der Waals surface area contributed by atoms with Crippen molar-refractivity contribution in [1.82, 2.24) is 9.78 Å². The summed E-state index contributed by atoms with van der Waals surface area (Å²) in [6.45, 7) is -0.405. The third-order valence-corrected chi connectivity index (χ3v) is 3.79. The van der Waals surface area contributed by atoms with Crippen molar-refractivity contribution in [3.63, 3.8) is 0 Å². The van der Waals surface area contributed by atoms with Gasteiger partial charge in [0, 0.05) is 5.39 Å². The van der Waals surface area contributed by atoms with Gasteiger partial charge < -0.3 is 25.8 Å². The van der Waals surface area contributed by atoms with E-state index in [9.17, 15) is 10.2 Å². The molecule has 4 unspecified atom stereocenters. The van der Waals surface area contributed by atoms with E-state index in [1.807, 2.05) is 18.2 Å². The molecular formula is C13H15N3O4S. The van der Waals surface area contributed by atoms with Crippen LogP contribution in [0.5, 0.6) is 0 Å².